The van der Waals surface area contributed by atoms with E-state index in [0.717, 1.165) is 17.8 Å². The van der Waals surface area contributed by atoms with E-state index in [4.69, 9.17) is 0 Å². The smallest absolute Gasteiger partial charge is 0.224 e. The Bertz CT molecular complexity index is 548. The van der Waals surface area contributed by atoms with Crippen LogP contribution in [0.15, 0.2) is 37.1 Å². The predicted octanol–water partition coefficient (Wildman–Crippen LogP) is 1.79. The van der Waals surface area contributed by atoms with E-state index >= 15 is 0 Å². The van der Waals surface area contributed by atoms with E-state index in [1.54, 1.807) is 18.6 Å². The molecule has 106 valence electrons. The molecule has 5 heteroatoms. The molecule has 2 heterocycles. The number of amides is 1. The van der Waals surface area contributed by atoms with Crippen molar-refractivity contribution in [1.29, 1.82) is 0 Å². The molecule has 0 saturated carbocycles. The molecular formula is C15H20N4O. The first kappa shape index (κ1) is 14.2. The molecule has 0 spiro atoms. The van der Waals surface area contributed by atoms with Gasteiger partial charge in [0.05, 0.1) is 25.0 Å². The summed E-state index contributed by atoms with van der Waals surface area (Å²) in [4.78, 5) is 20.0. The molecule has 0 unspecified atom stereocenters. The second-order valence-electron chi connectivity index (χ2n) is 5.25. The Labute approximate surface area is 119 Å². The van der Waals surface area contributed by atoms with Gasteiger partial charge in [-0.25, -0.2) is 4.98 Å². The summed E-state index contributed by atoms with van der Waals surface area (Å²) in [7, 11) is 0. The maximum atomic E-state index is 11.9. The van der Waals surface area contributed by atoms with Crippen LogP contribution in [0.5, 0.6) is 0 Å². The Morgan fingerprint density at radius 2 is 2.20 bits per heavy atom. The number of nitrogens with zero attached hydrogens (tertiary/aromatic N) is 3. The van der Waals surface area contributed by atoms with Gasteiger partial charge in [0.25, 0.3) is 0 Å². The van der Waals surface area contributed by atoms with E-state index in [2.05, 4.69) is 33.7 Å². The summed E-state index contributed by atoms with van der Waals surface area (Å²) in [6, 6.07) is 3.73. The van der Waals surface area contributed by atoms with Crippen LogP contribution in [-0.4, -0.2) is 20.4 Å². The van der Waals surface area contributed by atoms with Crippen molar-refractivity contribution in [3.63, 3.8) is 0 Å². The highest BCUT2D eigenvalue weighted by molar-refractivity contribution is 5.78. The molecule has 0 aliphatic rings. The average molecular weight is 272 g/mol. The lowest BCUT2D eigenvalue weighted by atomic mass is 10.2. The highest BCUT2D eigenvalue weighted by atomic mass is 16.1. The van der Waals surface area contributed by atoms with Crippen LogP contribution in [0.2, 0.25) is 0 Å². The van der Waals surface area contributed by atoms with E-state index in [0.29, 0.717) is 18.9 Å². The minimum absolute atomic E-state index is 0.00435. The predicted molar refractivity (Wildman–Crippen MR) is 76.9 cm³/mol. The number of pyridine rings is 1. The first-order chi connectivity index (χ1) is 9.65. The van der Waals surface area contributed by atoms with E-state index in [1.165, 1.54) is 0 Å². The average Bonchev–Trinajstić information content (AvgIpc) is 2.84. The molecule has 0 bridgehead atoms. The number of nitrogens with one attached hydrogen (secondary N) is 1. The Kier molecular flexibility index (Phi) is 4.87. The van der Waals surface area contributed by atoms with Crippen LogP contribution in [0.1, 0.15) is 25.1 Å². The van der Waals surface area contributed by atoms with Gasteiger partial charge in [0.1, 0.15) is 0 Å². The summed E-state index contributed by atoms with van der Waals surface area (Å²) in [5.41, 5.74) is 1.94. The third-order valence-corrected chi connectivity index (χ3v) is 2.91. The lowest BCUT2D eigenvalue weighted by Gasteiger charge is -2.11. The molecule has 2 rings (SSSR count). The van der Waals surface area contributed by atoms with Gasteiger partial charge < -0.3 is 9.88 Å². The summed E-state index contributed by atoms with van der Waals surface area (Å²) in [6.45, 7) is 5.73. The molecule has 1 amide bonds. The minimum Gasteiger partial charge on any atom is -0.350 e. The second kappa shape index (κ2) is 6.84. The maximum Gasteiger partial charge on any atom is 0.224 e. The molecule has 0 fully saturated rings. The van der Waals surface area contributed by atoms with Crippen molar-refractivity contribution in [2.24, 2.45) is 5.92 Å². The number of rotatable bonds is 6. The van der Waals surface area contributed by atoms with Gasteiger partial charge in [0, 0.05) is 25.1 Å². The number of hydrogen-bond acceptors (Lipinski definition) is 3. The Balaban J connectivity index is 1.86. The summed E-state index contributed by atoms with van der Waals surface area (Å²) in [6.07, 6.45) is 7.37. The van der Waals surface area contributed by atoms with Crippen LogP contribution in [0.25, 0.3) is 0 Å². The van der Waals surface area contributed by atoms with Crippen LogP contribution in [0.4, 0.5) is 0 Å². The Morgan fingerprint density at radius 3 is 2.90 bits per heavy atom. The minimum atomic E-state index is -0.00435. The van der Waals surface area contributed by atoms with Gasteiger partial charge in [0.15, 0.2) is 0 Å². The monoisotopic (exact) mass is 272 g/mol. The normalized spacial score (nSPS) is 10.8. The maximum absolute atomic E-state index is 11.9. The summed E-state index contributed by atoms with van der Waals surface area (Å²) < 4.78 is 2.08. The summed E-state index contributed by atoms with van der Waals surface area (Å²) in [5.74, 6) is 0.546. The van der Waals surface area contributed by atoms with Gasteiger partial charge in [0.2, 0.25) is 5.91 Å². The fourth-order valence-corrected chi connectivity index (χ4v) is 1.99. The van der Waals surface area contributed by atoms with E-state index in [9.17, 15) is 4.79 Å². The molecule has 0 saturated heterocycles. The van der Waals surface area contributed by atoms with Crippen LogP contribution >= 0.6 is 0 Å². The lowest BCUT2D eigenvalue weighted by Crippen LogP contribution is -2.26. The summed E-state index contributed by atoms with van der Waals surface area (Å²) in [5, 5.41) is 2.92. The van der Waals surface area contributed by atoms with Gasteiger partial charge in [-0.1, -0.05) is 19.9 Å². The first-order valence-electron chi connectivity index (χ1n) is 6.79. The fourth-order valence-electron chi connectivity index (χ4n) is 1.99. The van der Waals surface area contributed by atoms with E-state index in [-0.39, 0.29) is 5.91 Å². The summed E-state index contributed by atoms with van der Waals surface area (Å²) >= 11 is 0. The Morgan fingerprint density at radius 1 is 1.35 bits per heavy atom. The molecule has 2 aromatic rings. The number of aromatic nitrogens is 3. The van der Waals surface area contributed by atoms with Crippen LogP contribution in [0.3, 0.4) is 0 Å². The first-order valence-corrected chi connectivity index (χ1v) is 6.79. The van der Waals surface area contributed by atoms with Gasteiger partial charge in [-0.15, -0.1) is 0 Å². The van der Waals surface area contributed by atoms with E-state index < -0.39 is 0 Å². The van der Waals surface area contributed by atoms with Crippen molar-refractivity contribution < 1.29 is 4.79 Å². The molecule has 0 radical (unpaired) electrons. The molecule has 0 aliphatic heterocycles. The van der Waals surface area contributed by atoms with Gasteiger partial charge >= 0.3 is 0 Å². The standard InChI is InChI=1S/C15H20N4O/c1-12(2)10-19-11-17-8-14(19)9-18-15(20)6-13-4-3-5-16-7-13/h3-5,7-8,11-12H,6,9-10H2,1-2H3,(H,18,20). The SMILES string of the molecule is CC(C)Cn1cncc1CNC(=O)Cc1cccnc1. The molecule has 20 heavy (non-hydrogen) atoms. The molecule has 0 aliphatic carbocycles. The zero-order chi connectivity index (χ0) is 14.4. The number of carbonyl (C=O) groups is 1. The highest BCUT2D eigenvalue weighted by Crippen LogP contribution is 2.04. The van der Waals surface area contributed by atoms with Gasteiger partial charge in [-0.3, -0.25) is 9.78 Å². The molecular weight excluding hydrogens is 252 g/mol. The lowest BCUT2D eigenvalue weighted by molar-refractivity contribution is -0.120. The topological polar surface area (TPSA) is 59.8 Å². The van der Waals surface area contributed by atoms with Gasteiger partial charge in [-0.05, 0) is 17.5 Å². The zero-order valence-electron chi connectivity index (χ0n) is 11.9. The third kappa shape index (κ3) is 4.19. The van der Waals surface area contributed by atoms with Crippen molar-refractivity contribution in [3.05, 3.63) is 48.3 Å². The quantitative estimate of drug-likeness (QED) is 0.872. The number of carbonyl (C=O) groups excluding carboxylic acids is 1. The molecule has 0 aromatic carbocycles. The second-order valence-corrected chi connectivity index (χ2v) is 5.25. The highest BCUT2D eigenvalue weighted by Gasteiger charge is 2.07. The van der Waals surface area contributed by atoms with Crippen molar-refractivity contribution in [3.8, 4) is 0 Å². The molecule has 5 nitrogen and oxygen atoms in total. The van der Waals surface area contributed by atoms with E-state index in [1.807, 2.05) is 18.5 Å². The fraction of sp³-hybridized carbons (Fsp3) is 0.400. The molecule has 0 atom stereocenters. The molecule has 2 aromatic heterocycles. The van der Waals surface area contributed by atoms with Crippen molar-refractivity contribution in [2.75, 3.05) is 0 Å². The van der Waals surface area contributed by atoms with Crippen LogP contribution in [0, 0.1) is 5.92 Å². The van der Waals surface area contributed by atoms with Crippen molar-refractivity contribution in [1.82, 2.24) is 19.9 Å². The van der Waals surface area contributed by atoms with Crippen molar-refractivity contribution >= 4 is 5.91 Å². The number of hydrogen-bond donors (Lipinski definition) is 1. The Hall–Kier alpha value is -2.17. The van der Waals surface area contributed by atoms with Gasteiger partial charge in [-0.2, -0.15) is 0 Å². The largest absolute Gasteiger partial charge is 0.350 e. The van der Waals surface area contributed by atoms with Crippen LogP contribution < -0.4 is 5.32 Å². The zero-order valence-corrected chi connectivity index (χ0v) is 11.9. The number of imidazole rings is 1. The van der Waals surface area contributed by atoms with Crippen molar-refractivity contribution in [2.45, 2.75) is 33.4 Å². The van der Waals surface area contributed by atoms with Crippen LogP contribution in [-0.2, 0) is 24.3 Å². The third-order valence-electron chi connectivity index (χ3n) is 2.91. The molecule has 1 N–H and O–H groups in total.